The summed E-state index contributed by atoms with van der Waals surface area (Å²) < 4.78 is 39.8. The van der Waals surface area contributed by atoms with Gasteiger partial charge in [0.15, 0.2) is 0 Å². The quantitative estimate of drug-likeness (QED) is 0.869. The third kappa shape index (κ3) is 3.22. The fourth-order valence-corrected chi connectivity index (χ4v) is 4.00. The van der Waals surface area contributed by atoms with Crippen LogP contribution in [-0.4, -0.2) is 47.6 Å². The predicted molar refractivity (Wildman–Crippen MR) is 72.0 cm³/mol. The zero-order chi connectivity index (χ0) is 15.8. The molecule has 0 radical (unpaired) electrons. The number of benzene rings is 1. The van der Waals surface area contributed by atoms with Crippen LogP contribution in [0.2, 0.25) is 0 Å². The lowest BCUT2D eigenvalue weighted by Gasteiger charge is -2.35. The fraction of sp³-hybridized carbons (Fsp3) is 0.462. The van der Waals surface area contributed by atoms with E-state index in [1.165, 1.54) is 6.92 Å². The second kappa shape index (κ2) is 5.36. The van der Waals surface area contributed by atoms with E-state index in [9.17, 15) is 22.7 Å². The molecule has 1 aromatic rings. The maximum atomic E-state index is 13.9. The maximum absolute atomic E-state index is 13.9. The smallest absolute Gasteiger partial charge is 0.335 e. The molecule has 1 aromatic carbocycles. The molecule has 2 N–H and O–H groups in total. The van der Waals surface area contributed by atoms with Gasteiger partial charge in [-0.2, -0.15) is 4.31 Å². The molecule has 2 rings (SSSR count). The van der Waals surface area contributed by atoms with Crippen molar-refractivity contribution in [2.75, 3.05) is 13.1 Å². The van der Waals surface area contributed by atoms with Crippen LogP contribution in [0.3, 0.4) is 0 Å². The molecular formula is C13H16FNO5S. The Morgan fingerprint density at radius 1 is 1.43 bits per heavy atom. The fourth-order valence-electron chi connectivity index (χ4n) is 2.36. The standard InChI is InChI=1S/C13H16FNO5S/c1-13(18)5-2-6-15(8-13)21(19,20)11-4-3-9(12(16)17)7-10(11)14/h3-4,7,18H,2,5-6,8H2,1H3,(H,16,17). The molecule has 21 heavy (non-hydrogen) atoms. The van der Waals surface area contributed by atoms with Crippen molar-refractivity contribution in [1.82, 2.24) is 4.31 Å². The van der Waals surface area contributed by atoms with Crippen LogP contribution >= 0.6 is 0 Å². The van der Waals surface area contributed by atoms with Crippen molar-refractivity contribution in [3.63, 3.8) is 0 Å². The van der Waals surface area contributed by atoms with Gasteiger partial charge in [-0.25, -0.2) is 17.6 Å². The van der Waals surface area contributed by atoms with Gasteiger partial charge >= 0.3 is 5.97 Å². The van der Waals surface area contributed by atoms with E-state index in [0.29, 0.717) is 18.9 Å². The summed E-state index contributed by atoms with van der Waals surface area (Å²) in [6.45, 7) is 1.60. The first kappa shape index (κ1) is 15.9. The monoisotopic (exact) mass is 317 g/mol. The summed E-state index contributed by atoms with van der Waals surface area (Å²) in [5, 5.41) is 18.7. The largest absolute Gasteiger partial charge is 0.478 e. The van der Waals surface area contributed by atoms with Gasteiger partial charge in [0.25, 0.3) is 0 Å². The summed E-state index contributed by atoms with van der Waals surface area (Å²) in [5.41, 5.74) is -1.47. The zero-order valence-corrected chi connectivity index (χ0v) is 12.2. The Balaban J connectivity index is 2.38. The third-order valence-corrected chi connectivity index (χ3v) is 5.31. The van der Waals surface area contributed by atoms with Crippen LogP contribution < -0.4 is 0 Å². The van der Waals surface area contributed by atoms with Gasteiger partial charge < -0.3 is 10.2 Å². The molecule has 116 valence electrons. The number of rotatable bonds is 3. The van der Waals surface area contributed by atoms with Crippen molar-refractivity contribution < 1.29 is 27.8 Å². The van der Waals surface area contributed by atoms with E-state index in [0.717, 1.165) is 16.4 Å². The number of β-amino-alcohol motifs (C(OH)–C–C–N with tert-alkyl or cyclic N) is 1. The van der Waals surface area contributed by atoms with Crippen molar-refractivity contribution in [2.45, 2.75) is 30.3 Å². The van der Waals surface area contributed by atoms with Crippen LogP contribution in [0.5, 0.6) is 0 Å². The van der Waals surface area contributed by atoms with Crippen LogP contribution in [0.1, 0.15) is 30.1 Å². The molecule has 0 aliphatic carbocycles. The normalized spacial score (nSPS) is 24.0. The van der Waals surface area contributed by atoms with E-state index in [4.69, 9.17) is 5.11 Å². The number of sulfonamides is 1. The van der Waals surface area contributed by atoms with Crippen molar-refractivity contribution in [3.8, 4) is 0 Å². The molecule has 1 aliphatic heterocycles. The first-order valence-corrected chi connectivity index (χ1v) is 7.83. The lowest BCUT2D eigenvalue weighted by Crippen LogP contribution is -2.48. The number of nitrogens with zero attached hydrogens (tertiary/aromatic N) is 1. The van der Waals surface area contributed by atoms with Crippen molar-refractivity contribution >= 4 is 16.0 Å². The molecular weight excluding hydrogens is 301 g/mol. The van der Waals surface area contributed by atoms with Crippen molar-refractivity contribution in [3.05, 3.63) is 29.6 Å². The molecule has 1 aliphatic rings. The molecule has 1 saturated heterocycles. The molecule has 0 spiro atoms. The molecule has 1 fully saturated rings. The van der Waals surface area contributed by atoms with Crippen LogP contribution in [0, 0.1) is 5.82 Å². The van der Waals surface area contributed by atoms with Gasteiger partial charge in [0, 0.05) is 13.1 Å². The molecule has 0 bridgehead atoms. The van der Waals surface area contributed by atoms with Gasteiger partial charge in [-0.15, -0.1) is 0 Å². The number of carboxylic acid groups (broad SMARTS) is 1. The van der Waals surface area contributed by atoms with Crippen LogP contribution in [0.4, 0.5) is 4.39 Å². The summed E-state index contributed by atoms with van der Waals surface area (Å²) in [4.78, 5) is 10.2. The van der Waals surface area contributed by atoms with E-state index >= 15 is 0 Å². The van der Waals surface area contributed by atoms with E-state index in [-0.39, 0.29) is 18.7 Å². The maximum Gasteiger partial charge on any atom is 0.335 e. The summed E-state index contributed by atoms with van der Waals surface area (Å²) >= 11 is 0. The molecule has 1 heterocycles. The predicted octanol–water partition coefficient (Wildman–Crippen LogP) is 1.06. The highest BCUT2D eigenvalue weighted by Gasteiger charge is 2.36. The van der Waals surface area contributed by atoms with Gasteiger partial charge in [0.2, 0.25) is 10.0 Å². The average Bonchev–Trinajstić information content (AvgIpc) is 2.36. The summed E-state index contributed by atoms with van der Waals surface area (Å²) in [6, 6.07) is 2.66. The lowest BCUT2D eigenvalue weighted by molar-refractivity contribution is 0.00934. The van der Waals surface area contributed by atoms with Gasteiger partial charge in [0.05, 0.1) is 11.2 Å². The number of hydrogen-bond donors (Lipinski definition) is 2. The zero-order valence-electron chi connectivity index (χ0n) is 11.4. The van der Waals surface area contributed by atoms with E-state index in [1.807, 2.05) is 0 Å². The van der Waals surface area contributed by atoms with Gasteiger partial charge in [-0.3, -0.25) is 0 Å². The topological polar surface area (TPSA) is 94.9 Å². The van der Waals surface area contributed by atoms with E-state index in [2.05, 4.69) is 0 Å². The molecule has 0 saturated carbocycles. The van der Waals surface area contributed by atoms with Crippen LogP contribution in [-0.2, 0) is 10.0 Å². The number of aromatic carboxylic acids is 1. The number of halogens is 1. The molecule has 1 atom stereocenters. The summed E-state index contributed by atoms with van der Waals surface area (Å²) in [5.74, 6) is -2.45. The van der Waals surface area contributed by atoms with Gasteiger partial charge in [-0.05, 0) is 38.0 Å². The SMILES string of the molecule is CC1(O)CCCN(S(=O)(=O)c2ccc(C(=O)O)cc2F)C1. The first-order valence-electron chi connectivity index (χ1n) is 6.39. The van der Waals surface area contributed by atoms with Gasteiger partial charge in [-0.1, -0.05) is 0 Å². The number of piperidine rings is 1. The second-order valence-corrected chi connectivity index (χ2v) is 7.30. The number of hydrogen-bond acceptors (Lipinski definition) is 4. The first-order chi connectivity index (χ1) is 9.63. The minimum Gasteiger partial charge on any atom is -0.478 e. The number of aliphatic hydroxyl groups is 1. The second-order valence-electron chi connectivity index (χ2n) is 5.39. The van der Waals surface area contributed by atoms with Gasteiger partial charge in [0.1, 0.15) is 10.7 Å². The minimum absolute atomic E-state index is 0.116. The Labute approximate surface area is 121 Å². The Morgan fingerprint density at radius 3 is 2.62 bits per heavy atom. The third-order valence-electron chi connectivity index (χ3n) is 3.44. The van der Waals surface area contributed by atoms with Crippen LogP contribution in [0.15, 0.2) is 23.1 Å². The Hall–Kier alpha value is -1.51. The summed E-state index contributed by atoms with van der Waals surface area (Å²) in [6.07, 6.45) is 0.945. The summed E-state index contributed by atoms with van der Waals surface area (Å²) in [7, 11) is -4.10. The Bertz CT molecular complexity index is 671. The highest BCUT2D eigenvalue weighted by molar-refractivity contribution is 7.89. The van der Waals surface area contributed by atoms with Crippen molar-refractivity contribution in [2.24, 2.45) is 0 Å². The number of carboxylic acids is 1. The molecule has 1 unspecified atom stereocenters. The minimum atomic E-state index is -4.10. The lowest BCUT2D eigenvalue weighted by atomic mass is 9.97. The average molecular weight is 317 g/mol. The highest BCUT2D eigenvalue weighted by atomic mass is 32.2. The molecule has 0 aromatic heterocycles. The Morgan fingerprint density at radius 2 is 2.10 bits per heavy atom. The van der Waals surface area contributed by atoms with E-state index in [1.54, 1.807) is 0 Å². The Kier molecular flexibility index (Phi) is 4.05. The van der Waals surface area contributed by atoms with E-state index < -0.39 is 32.3 Å². The molecule has 0 amide bonds. The van der Waals surface area contributed by atoms with Crippen molar-refractivity contribution in [1.29, 1.82) is 0 Å². The number of carbonyl (C=O) groups is 1. The molecule has 8 heteroatoms. The van der Waals surface area contributed by atoms with Crippen LogP contribution in [0.25, 0.3) is 0 Å². The highest BCUT2D eigenvalue weighted by Crippen LogP contribution is 2.27. The molecule has 6 nitrogen and oxygen atoms in total.